The molecule has 0 saturated heterocycles. The van der Waals surface area contributed by atoms with Crippen molar-refractivity contribution in [2.45, 2.75) is 32.4 Å². The van der Waals surface area contributed by atoms with Gasteiger partial charge in [-0.15, -0.1) is 0 Å². The fourth-order valence-corrected chi connectivity index (χ4v) is 2.23. The van der Waals surface area contributed by atoms with Crippen LogP contribution in [0.15, 0.2) is 22.6 Å². The van der Waals surface area contributed by atoms with Crippen LogP contribution in [-0.4, -0.2) is 15.0 Å². The predicted octanol–water partition coefficient (Wildman–Crippen LogP) is 4.26. The Bertz CT molecular complexity index is 420. The van der Waals surface area contributed by atoms with E-state index in [1.165, 1.54) is 0 Å². The Morgan fingerprint density at radius 3 is 2.06 bits per heavy atom. The van der Waals surface area contributed by atoms with Crippen molar-refractivity contribution in [2.24, 2.45) is 4.40 Å². The minimum Gasteiger partial charge on any atom is -0.591 e. The van der Waals surface area contributed by atoms with Crippen molar-refractivity contribution in [1.82, 2.24) is 0 Å². The van der Waals surface area contributed by atoms with Gasteiger partial charge in [0.1, 0.15) is 16.1 Å². The first-order valence-corrected chi connectivity index (χ1v) is 7.00. The van der Waals surface area contributed by atoms with Crippen molar-refractivity contribution in [3.63, 3.8) is 0 Å². The monoisotopic (exact) mass is 291 g/mol. The molecule has 0 amide bonds. The van der Waals surface area contributed by atoms with Gasteiger partial charge in [0.2, 0.25) is 0 Å². The molecule has 0 spiro atoms. The highest BCUT2D eigenvalue weighted by Crippen LogP contribution is 2.22. The third-order valence-electron chi connectivity index (χ3n) is 2.02. The predicted molar refractivity (Wildman–Crippen MR) is 76.6 cm³/mol. The Morgan fingerprint density at radius 2 is 1.65 bits per heavy atom. The second-order valence-corrected chi connectivity index (χ2v) is 7.47. The summed E-state index contributed by atoms with van der Waals surface area (Å²) in [6.07, 6.45) is 0. The lowest BCUT2D eigenvalue weighted by atomic mass is 10.1. The first-order chi connectivity index (χ1) is 7.70. The molecule has 2 nitrogen and oxygen atoms in total. The zero-order valence-electron chi connectivity index (χ0n) is 10.3. The molecule has 94 valence electrons. The number of nitrogens with zero attached hydrogens (tertiary/aromatic N) is 1. The third-order valence-corrected chi connectivity index (χ3v) is 3.95. The zero-order valence-corrected chi connectivity index (χ0v) is 12.6. The second kappa shape index (κ2) is 5.61. The van der Waals surface area contributed by atoms with Crippen LogP contribution in [0.2, 0.25) is 10.0 Å². The summed E-state index contributed by atoms with van der Waals surface area (Å²) in [6, 6.07) is 5.17. The lowest BCUT2D eigenvalue weighted by Crippen LogP contribution is -2.26. The lowest BCUT2D eigenvalue weighted by Gasteiger charge is -2.18. The Balaban J connectivity index is 3.04. The number of halogens is 2. The van der Waals surface area contributed by atoms with E-state index in [4.69, 9.17) is 23.2 Å². The number of hydrogen-bond acceptors (Lipinski definition) is 2. The van der Waals surface area contributed by atoms with Gasteiger partial charge in [-0.2, -0.15) is 0 Å². The Kier molecular flexibility index (Phi) is 4.90. The van der Waals surface area contributed by atoms with Crippen LogP contribution >= 0.6 is 23.2 Å². The maximum atomic E-state index is 11.9. The van der Waals surface area contributed by atoms with Gasteiger partial charge in [-0.3, -0.25) is 0 Å². The van der Waals surface area contributed by atoms with Gasteiger partial charge in [0, 0.05) is 15.6 Å². The van der Waals surface area contributed by atoms with Crippen LogP contribution in [0.5, 0.6) is 0 Å². The van der Waals surface area contributed by atoms with Crippen LogP contribution in [0, 0.1) is 0 Å². The first kappa shape index (κ1) is 14.8. The van der Waals surface area contributed by atoms with Crippen molar-refractivity contribution in [3.05, 3.63) is 33.8 Å². The minimum atomic E-state index is -1.28. The van der Waals surface area contributed by atoms with E-state index in [1.807, 2.05) is 20.8 Å². The molecule has 1 rings (SSSR count). The molecule has 5 heteroatoms. The zero-order chi connectivity index (χ0) is 13.2. The number of rotatable bonds is 2. The minimum absolute atomic E-state index is 0.371. The largest absolute Gasteiger partial charge is 0.591 e. The fraction of sp³-hybridized carbons (Fsp3) is 0.417. The van der Waals surface area contributed by atoms with Crippen LogP contribution in [0.1, 0.15) is 33.3 Å². The van der Waals surface area contributed by atoms with Crippen molar-refractivity contribution in [3.8, 4) is 0 Å². The Morgan fingerprint density at radius 1 is 1.18 bits per heavy atom. The van der Waals surface area contributed by atoms with E-state index < -0.39 is 11.4 Å². The summed E-state index contributed by atoms with van der Waals surface area (Å²) in [5, 5.41) is 1.09. The SMILES string of the molecule is C/C(=N/[S+]([O-])C(C)(C)C)c1cc(Cl)cc(Cl)c1. The van der Waals surface area contributed by atoms with Crippen LogP contribution in [0.4, 0.5) is 0 Å². The smallest absolute Gasteiger partial charge is 0.144 e. The molecule has 0 N–H and O–H groups in total. The number of benzene rings is 1. The van der Waals surface area contributed by atoms with E-state index in [0.29, 0.717) is 15.8 Å². The van der Waals surface area contributed by atoms with Gasteiger partial charge < -0.3 is 4.55 Å². The molecule has 0 aliphatic carbocycles. The molecular formula is C12H15Cl2NOS. The molecule has 0 bridgehead atoms. The van der Waals surface area contributed by atoms with Gasteiger partial charge in [-0.25, -0.2) is 0 Å². The van der Waals surface area contributed by atoms with E-state index in [1.54, 1.807) is 25.1 Å². The molecule has 0 heterocycles. The average Bonchev–Trinajstić information content (AvgIpc) is 2.14. The van der Waals surface area contributed by atoms with E-state index in [0.717, 1.165) is 5.56 Å². The van der Waals surface area contributed by atoms with Gasteiger partial charge in [-0.05, 0) is 45.9 Å². The van der Waals surface area contributed by atoms with Gasteiger partial charge in [0.25, 0.3) is 0 Å². The van der Waals surface area contributed by atoms with Crippen LogP contribution < -0.4 is 0 Å². The summed E-state index contributed by atoms with van der Waals surface area (Å²) < 4.78 is 15.7. The van der Waals surface area contributed by atoms with Gasteiger partial charge in [0.15, 0.2) is 0 Å². The molecular weight excluding hydrogens is 277 g/mol. The number of hydrogen-bond donors (Lipinski definition) is 0. The summed E-state index contributed by atoms with van der Waals surface area (Å²) in [5.74, 6) is 0. The van der Waals surface area contributed by atoms with E-state index >= 15 is 0 Å². The topological polar surface area (TPSA) is 35.4 Å². The molecule has 1 atom stereocenters. The molecule has 0 aliphatic rings. The quantitative estimate of drug-likeness (QED) is 0.592. The highest BCUT2D eigenvalue weighted by Gasteiger charge is 2.26. The fourth-order valence-electron chi connectivity index (χ4n) is 1.08. The molecule has 17 heavy (non-hydrogen) atoms. The van der Waals surface area contributed by atoms with Crippen molar-refractivity contribution in [2.75, 3.05) is 0 Å². The molecule has 0 fully saturated rings. The first-order valence-electron chi connectivity index (χ1n) is 5.14. The molecule has 1 unspecified atom stereocenters. The highest BCUT2D eigenvalue weighted by atomic mass is 35.5. The summed E-state index contributed by atoms with van der Waals surface area (Å²) in [5.41, 5.74) is 1.46. The Labute approximate surface area is 115 Å². The lowest BCUT2D eigenvalue weighted by molar-refractivity contribution is 0.561. The van der Waals surface area contributed by atoms with Crippen molar-refractivity contribution in [1.29, 1.82) is 0 Å². The van der Waals surface area contributed by atoms with Crippen LogP contribution in [-0.2, 0) is 11.4 Å². The molecule has 0 saturated carbocycles. The van der Waals surface area contributed by atoms with E-state index in [9.17, 15) is 4.55 Å². The summed E-state index contributed by atoms with van der Waals surface area (Å²) in [6.45, 7) is 7.44. The second-order valence-electron chi connectivity index (χ2n) is 4.70. The highest BCUT2D eigenvalue weighted by molar-refractivity contribution is 7.91. The van der Waals surface area contributed by atoms with Crippen LogP contribution in [0.25, 0.3) is 0 Å². The maximum Gasteiger partial charge on any atom is 0.144 e. The van der Waals surface area contributed by atoms with Gasteiger partial charge >= 0.3 is 0 Å². The van der Waals surface area contributed by atoms with Crippen LogP contribution in [0.3, 0.4) is 0 Å². The van der Waals surface area contributed by atoms with Gasteiger partial charge in [0.05, 0.1) is 5.71 Å². The summed E-state index contributed by atoms with van der Waals surface area (Å²) in [7, 11) is 0. The molecule has 1 aromatic rings. The summed E-state index contributed by atoms with van der Waals surface area (Å²) >= 11 is 10.5. The molecule has 0 aliphatic heterocycles. The molecule has 0 aromatic heterocycles. The van der Waals surface area contributed by atoms with Crippen molar-refractivity contribution < 1.29 is 4.55 Å². The average molecular weight is 292 g/mol. The maximum absolute atomic E-state index is 11.9. The molecule has 0 radical (unpaired) electrons. The van der Waals surface area contributed by atoms with Gasteiger partial charge in [-0.1, -0.05) is 27.6 Å². The molecule has 1 aromatic carbocycles. The Hall–Kier alpha value is -0.220. The van der Waals surface area contributed by atoms with E-state index in [2.05, 4.69) is 4.40 Å². The van der Waals surface area contributed by atoms with E-state index in [-0.39, 0.29) is 4.75 Å². The normalized spacial score (nSPS) is 14.9. The standard InChI is InChI=1S/C12H15Cl2NOS/c1-8(15-17(16)12(2,3)4)9-5-10(13)7-11(14)6-9/h5-7H,1-4H3/b15-8-. The third kappa shape index (κ3) is 4.51. The summed E-state index contributed by atoms with van der Waals surface area (Å²) in [4.78, 5) is 0. The van der Waals surface area contributed by atoms with Crippen molar-refractivity contribution >= 4 is 40.3 Å².